The summed E-state index contributed by atoms with van der Waals surface area (Å²) < 4.78 is 0. The minimum atomic E-state index is 0.105. The Kier molecular flexibility index (Phi) is 8.52. The number of unbranched alkanes of at least 4 members (excludes halogenated alkanes) is 1. The summed E-state index contributed by atoms with van der Waals surface area (Å²) in [6.45, 7) is 3.35. The van der Waals surface area contributed by atoms with E-state index in [1.807, 2.05) is 64.4 Å². The molecule has 0 fully saturated rings. The molecule has 0 atom stereocenters. The smallest absolute Gasteiger partial charge is 0.227 e. The summed E-state index contributed by atoms with van der Waals surface area (Å²) in [6, 6.07) is 25.7. The minimum Gasteiger partial charge on any atom is -0.312 e. The van der Waals surface area contributed by atoms with Gasteiger partial charge in [-0.15, -0.1) is 0 Å². The van der Waals surface area contributed by atoms with Gasteiger partial charge in [0.15, 0.2) is 0 Å². The third kappa shape index (κ3) is 6.20. The van der Waals surface area contributed by atoms with E-state index in [0.29, 0.717) is 37.9 Å². The van der Waals surface area contributed by atoms with Crippen molar-refractivity contribution in [3.63, 3.8) is 0 Å². The van der Waals surface area contributed by atoms with Gasteiger partial charge in [0, 0.05) is 30.8 Å². The molecule has 36 heavy (non-hydrogen) atoms. The molecule has 0 aromatic heterocycles. The van der Waals surface area contributed by atoms with Crippen molar-refractivity contribution in [2.75, 3.05) is 16.3 Å². The molecule has 5 heteroatoms. The van der Waals surface area contributed by atoms with E-state index >= 15 is 0 Å². The van der Waals surface area contributed by atoms with Crippen LogP contribution in [0, 0.1) is 11.3 Å². The van der Waals surface area contributed by atoms with Crippen molar-refractivity contribution in [2.24, 2.45) is 0 Å². The zero-order chi connectivity index (χ0) is 25.3. The summed E-state index contributed by atoms with van der Waals surface area (Å²) >= 11 is 0. The Balaban J connectivity index is 1.51. The molecular formula is C31H33N3O2. The predicted octanol–water partition coefficient (Wildman–Crippen LogP) is 6.19. The molecule has 1 aliphatic rings. The number of nitrogens with zero attached hydrogens (tertiary/aromatic N) is 3. The Morgan fingerprint density at radius 3 is 2.47 bits per heavy atom. The van der Waals surface area contributed by atoms with Crippen LogP contribution < -0.4 is 9.80 Å². The average molecular weight is 480 g/mol. The molecule has 184 valence electrons. The van der Waals surface area contributed by atoms with Crippen LogP contribution in [0.1, 0.15) is 61.3 Å². The van der Waals surface area contributed by atoms with E-state index in [-0.39, 0.29) is 11.8 Å². The largest absolute Gasteiger partial charge is 0.312 e. The van der Waals surface area contributed by atoms with Gasteiger partial charge in [0.05, 0.1) is 18.2 Å². The molecular weight excluding hydrogens is 446 g/mol. The Hall–Kier alpha value is -3.91. The van der Waals surface area contributed by atoms with Crippen LogP contribution in [0.25, 0.3) is 0 Å². The second kappa shape index (κ2) is 12.2. The Bertz CT molecular complexity index is 1230. The maximum atomic E-state index is 13.2. The topological polar surface area (TPSA) is 64.4 Å². The summed E-state index contributed by atoms with van der Waals surface area (Å²) in [7, 11) is 0. The van der Waals surface area contributed by atoms with E-state index in [1.54, 1.807) is 12.1 Å². The van der Waals surface area contributed by atoms with Gasteiger partial charge in [-0.2, -0.15) is 5.26 Å². The molecule has 1 heterocycles. The number of hydrogen-bond acceptors (Lipinski definition) is 3. The van der Waals surface area contributed by atoms with Crippen LogP contribution >= 0.6 is 0 Å². The van der Waals surface area contributed by atoms with Crippen molar-refractivity contribution in [3.05, 3.63) is 95.1 Å². The van der Waals surface area contributed by atoms with Gasteiger partial charge < -0.3 is 9.80 Å². The standard InChI is InChI=1S/C31H33N3O2/c1-2-3-11-30(35)34(23-26-8-5-4-6-9-26)28-17-18-29-27(21-28)10-7-20-33(29)31(36)19-16-24-12-14-25(22-32)15-13-24/h4-6,8-9,12-15,17-18,21H,2-3,7,10-11,16,19-20,23H2,1H3. The number of anilines is 2. The van der Waals surface area contributed by atoms with Gasteiger partial charge in [0.25, 0.3) is 0 Å². The summed E-state index contributed by atoms with van der Waals surface area (Å²) in [6.07, 6.45) is 5.24. The lowest BCUT2D eigenvalue weighted by atomic mass is 9.99. The van der Waals surface area contributed by atoms with Gasteiger partial charge in [-0.1, -0.05) is 55.8 Å². The zero-order valence-corrected chi connectivity index (χ0v) is 21.0. The highest BCUT2D eigenvalue weighted by Crippen LogP contribution is 2.32. The fourth-order valence-electron chi connectivity index (χ4n) is 4.70. The van der Waals surface area contributed by atoms with Crippen molar-refractivity contribution in [3.8, 4) is 6.07 Å². The number of amides is 2. The maximum Gasteiger partial charge on any atom is 0.227 e. The van der Waals surface area contributed by atoms with Crippen molar-refractivity contribution in [1.82, 2.24) is 0 Å². The van der Waals surface area contributed by atoms with Gasteiger partial charge in [0.2, 0.25) is 11.8 Å². The summed E-state index contributed by atoms with van der Waals surface area (Å²) in [5, 5.41) is 8.97. The first-order chi connectivity index (χ1) is 17.6. The normalized spacial score (nSPS) is 12.5. The number of fused-ring (bicyclic) bond motifs is 1. The molecule has 4 rings (SSSR count). The average Bonchev–Trinajstić information content (AvgIpc) is 2.93. The van der Waals surface area contributed by atoms with Crippen LogP contribution in [-0.4, -0.2) is 18.4 Å². The molecule has 2 amide bonds. The van der Waals surface area contributed by atoms with Gasteiger partial charge >= 0.3 is 0 Å². The van der Waals surface area contributed by atoms with Gasteiger partial charge in [-0.05, 0) is 72.7 Å². The zero-order valence-electron chi connectivity index (χ0n) is 21.0. The number of carbonyl (C=O) groups is 2. The van der Waals surface area contributed by atoms with E-state index in [0.717, 1.165) is 53.7 Å². The number of benzene rings is 3. The lowest BCUT2D eigenvalue weighted by Gasteiger charge is -2.31. The fraction of sp³-hybridized carbons (Fsp3) is 0.323. The Morgan fingerprint density at radius 1 is 0.972 bits per heavy atom. The molecule has 0 N–H and O–H groups in total. The fourth-order valence-corrected chi connectivity index (χ4v) is 4.70. The first-order valence-electron chi connectivity index (χ1n) is 12.9. The SMILES string of the molecule is CCCCC(=O)N(Cc1ccccc1)c1ccc2c(c1)CCCN2C(=O)CCc1ccc(C#N)cc1. The number of hydrogen-bond donors (Lipinski definition) is 0. The molecule has 3 aromatic carbocycles. The lowest BCUT2D eigenvalue weighted by molar-refractivity contribution is -0.119. The first kappa shape index (κ1) is 25.2. The van der Waals surface area contributed by atoms with Crippen molar-refractivity contribution in [2.45, 2.75) is 58.4 Å². The van der Waals surface area contributed by atoms with Gasteiger partial charge in [0.1, 0.15) is 0 Å². The van der Waals surface area contributed by atoms with E-state index in [9.17, 15) is 9.59 Å². The molecule has 1 aliphatic heterocycles. The van der Waals surface area contributed by atoms with Crippen LogP contribution in [0.5, 0.6) is 0 Å². The molecule has 0 saturated heterocycles. The van der Waals surface area contributed by atoms with Crippen LogP contribution in [-0.2, 0) is 29.0 Å². The van der Waals surface area contributed by atoms with E-state index in [2.05, 4.69) is 19.1 Å². The van der Waals surface area contributed by atoms with Crippen molar-refractivity contribution >= 4 is 23.2 Å². The highest BCUT2D eigenvalue weighted by Gasteiger charge is 2.24. The molecule has 0 saturated carbocycles. The number of rotatable bonds is 9. The second-order valence-corrected chi connectivity index (χ2v) is 9.34. The summed E-state index contributed by atoms with van der Waals surface area (Å²) in [4.78, 5) is 30.1. The first-order valence-corrected chi connectivity index (χ1v) is 12.9. The molecule has 0 aliphatic carbocycles. The van der Waals surface area contributed by atoms with E-state index in [4.69, 9.17) is 5.26 Å². The summed E-state index contributed by atoms with van der Waals surface area (Å²) in [5.74, 6) is 0.236. The molecule has 0 radical (unpaired) electrons. The van der Waals surface area contributed by atoms with E-state index < -0.39 is 0 Å². The van der Waals surface area contributed by atoms with Crippen LogP contribution in [0.2, 0.25) is 0 Å². The molecule has 3 aromatic rings. The number of carbonyl (C=O) groups excluding carboxylic acids is 2. The predicted molar refractivity (Wildman–Crippen MR) is 144 cm³/mol. The quantitative estimate of drug-likeness (QED) is 0.367. The highest BCUT2D eigenvalue weighted by atomic mass is 16.2. The third-order valence-electron chi connectivity index (χ3n) is 6.73. The van der Waals surface area contributed by atoms with Crippen LogP contribution in [0.15, 0.2) is 72.8 Å². The molecule has 0 spiro atoms. The Morgan fingerprint density at radius 2 is 1.75 bits per heavy atom. The number of nitriles is 1. The van der Waals surface area contributed by atoms with Gasteiger partial charge in [-0.3, -0.25) is 9.59 Å². The highest BCUT2D eigenvalue weighted by molar-refractivity contribution is 5.97. The monoisotopic (exact) mass is 479 g/mol. The van der Waals surface area contributed by atoms with Crippen LogP contribution in [0.4, 0.5) is 11.4 Å². The van der Waals surface area contributed by atoms with Gasteiger partial charge in [-0.25, -0.2) is 0 Å². The van der Waals surface area contributed by atoms with Crippen LogP contribution in [0.3, 0.4) is 0 Å². The minimum absolute atomic E-state index is 0.105. The molecule has 0 bridgehead atoms. The maximum absolute atomic E-state index is 13.2. The summed E-state index contributed by atoms with van der Waals surface area (Å²) in [5.41, 5.74) is 5.74. The van der Waals surface area contributed by atoms with Crippen molar-refractivity contribution < 1.29 is 9.59 Å². The van der Waals surface area contributed by atoms with Crippen molar-refractivity contribution in [1.29, 1.82) is 5.26 Å². The molecule has 0 unspecified atom stereocenters. The second-order valence-electron chi connectivity index (χ2n) is 9.34. The Labute approximate surface area is 214 Å². The lowest BCUT2D eigenvalue weighted by Crippen LogP contribution is -2.36. The molecule has 5 nitrogen and oxygen atoms in total. The number of aryl methyl sites for hydroxylation is 2. The third-order valence-corrected chi connectivity index (χ3v) is 6.73. The van der Waals surface area contributed by atoms with E-state index in [1.165, 1.54) is 0 Å².